The van der Waals surface area contributed by atoms with Gasteiger partial charge in [-0.1, -0.05) is 291 Å². The number of carbonyl (C=O) groups is 4. The number of hydrogen-bond acceptors (Lipinski definition) is 15. The summed E-state index contributed by atoms with van der Waals surface area (Å²) in [5.74, 6) is -1.46. The van der Waals surface area contributed by atoms with Crippen molar-refractivity contribution in [2.45, 2.75) is 361 Å². The summed E-state index contributed by atoms with van der Waals surface area (Å²) < 4.78 is 68.0. The largest absolute Gasteiger partial charge is 0.472 e. The van der Waals surface area contributed by atoms with Gasteiger partial charge < -0.3 is 33.8 Å². The predicted octanol–water partition coefficient (Wildman–Crippen LogP) is 19.0. The lowest BCUT2D eigenvalue weighted by Crippen LogP contribution is -2.30. The fourth-order valence-corrected chi connectivity index (χ4v) is 11.7. The van der Waals surface area contributed by atoms with E-state index in [2.05, 4.69) is 34.6 Å². The summed E-state index contributed by atoms with van der Waals surface area (Å²) in [6.07, 6.45) is 46.1. The highest BCUT2D eigenvalue weighted by Crippen LogP contribution is 2.45. The lowest BCUT2D eigenvalue weighted by atomic mass is 10.0. The van der Waals surface area contributed by atoms with Crippen molar-refractivity contribution < 1.29 is 80.2 Å². The van der Waals surface area contributed by atoms with Gasteiger partial charge in [-0.3, -0.25) is 37.3 Å². The predicted molar refractivity (Wildman–Crippen MR) is 345 cm³/mol. The third-order valence-electron chi connectivity index (χ3n) is 15.5. The molecule has 0 aliphatic carbocycles. The fraction of sp³-hybridized carbons (Fsp3) is 0.940. The molecule has 0 aliphatic rings. The van der Waals surface area contributed by atoms with Crippen molar-refractivity contribution in [3.05, 3.63) is 0 Å². The summed E-state index contributed by atoms with van der Waals surface area (Å²) in [5, 5.41) is 10.5. The molecule has 0 saturated heterocycles. The number of phosphoric ester groups is 2. The maximum atomic E-state index is 13.0. The summed E-state index contributed by atoms with van der Waals surface area (Å²) in [6, 6.07) is 0. The molecule has 17 nitrogen and oxygen atoms in total. The highest BCUT2D eigenvalue weighted by atomic mass is 31.2. The number of esters is 4. The van der Waals surface area contributed by atoms with Crippen molar-refractivity contribution in [1.29, 1.82) is 0 Å². The van der Waals surface area contributed by atoms with Gasteiger partial charge in [0, 0.05) is 25.7 Å². The number of carbonyl (C=O) groups excluding carboxylic acids is 4. The zero-order valence-electron chi connectivity index (χ0n) is 55.4. The number of aliphatic hydroxyl groups excluding tert-OH is 1. The number of rotatable bonds is 67. The fourth-order valence-electron chi connectivity index (χ4n) is 10.1. The molecule has 0 rings (SSSR count). The summed E-state index contributed by atoms with van der Waals surface area (Å²) in [4.78, 5) is 72.2. The van der Waals surface area contributed by atoms with Gasteiger partial charge in [-0.2, -0.15) is 0 Å². The van der Waals surface area contributed by atoms with E-state index in [4.69, 9.17) is 37.0 Å². The highest BCUT2D eigenvalue weighted by molar-refractivity contribution is 7.47. The minimum Gasteiger partial charge on any atom is -0.462 e. The molecule has 0 saturated carbocycles. The summed E-state index contributed by atoms with van der Waals surface area (Å²) in [7, 11) is -9.89. The second-order valence-electron chi connectivity index (χ2n) is 24.7. The molecule has 86 heavy (non-hydrogen) atoms. The first-order chi connectivity index (χ1) is 41.5. The minimum absolute atomic E-state index is 0.102. The van der Waals surface area contributed by atoms with E-state index >= 15 is 0 Å². The van der Waals surface area contributed by atoms with Crippen molar-refractivity contribution >= 4 is 39.5 Å². The molecule has 5 atom stereocenters. The van der Waals surface area contributed by atoms with Gasteiger partial charge in [-0.05, 0) is 31.6 Å². The first kappa shape index (κ1) is 84.1. The quantitative estimate of drug-likeness (QED) is 0.0222. The van der Waals surface area contributed by atoms with Crippen molar-refractivity contribution in [3.8, 4) is 0 Å². The van der Waals surface area contributed by atoms with Gasteiger partial charge >= 0.3 is 39.5 Å². The summed E-state index contributed by atoms with van der Waals surface area (Å²) in [6.45, 7) is 7.09. The molecule has 19 heteroatoms. The zero-order valence-corrected chi connectivity index (χ0v) is 57.2. The molecule has 510 valence electrons. The molecule has 0 aromatic heterocycles. The Hall–Kier alpha value is -1.94. The smallest absolute Gasteiger partial charge is 0.462 e. The van der Waals surface area contributed by atoms with Crippen LogP contribution in [0.25, 0.3) is 0 Å². The topological polar surface area (TPSA) is 237 Å². The van der Waals surface area contributed by atoms with Crippen molar-refractivity contribution in [2.24, 2.45) is 5.92 Å². The third kappa shape index (κ3) is 60.9. The van der Waals surface area contributed by atoms with Gasteiger partial charge in [0.25, 0.3) is 0 Å². The maximum absolute atomic E-state index is 13.0. The molecule has 0 aromatic carbocycles. The van der Waals surface area contributed by atoms with E-state index < -0.39 is 97.5 Å². The average Bonchev–Trinajstić information content (AvgIpc) is 3.64. The average molecular weight is 1270 g/mol. The lowest BCUT2D eigenvalue weighted by Gasteiger charge is -2.21. The Bertz CT molecular complexity index is 1670. The molecule has 3 N–H and O–H groups in total. The first-order valence-electron chi connectivity index (χ1n) is 35.1. The molecule has 0 amide bonds. The Kier molecular flexibility index (Phi) is 59.2. The van der Waals surface area contributed by atoms with E-state index in [1.165, 1.54) is 154 Å². The molecule has 0 spiro atoms. The van der Waals surface area contributed by atoms with Crippen LogP contribution in [0.15, 0.2) is 0 Å². The van der Waals surface area contributed by atoms with Crippen LogP contribution in [0.2, 0.25) is 0 Å². The summed E-state index contributed by atoms with van der Waals surface area (Å²) >= 11 is 0. The Morgan fingerprint density at radius 2 is 0.535 bits per heavy atom. The van der Waals surface area contributed by atoms with Gasteiger partial charge in [-0.25, -0.2) is 9.13 Å². The van der Waals surface area contributed by atoms with Crippen LogP contribution in [-0.4, -0.2) is 96.7 Å². The Balaban J connectivity index is 5.19. The van der Waals surface area contributed by atoms with Gasteiger partial charge in [0.15, 0.2) is 12.2 Å². The highest BCUT2D eigenvalue weighted by Gasteiger charge is 2.30. The van der Waals surface area contributed by atoms with E-state index in [1.807, 2.05) is 0 Å². The number of ether oxygens (including phenoxy) is 4. The Morgan fingerprint density at radius 3 is 0.791 bits per heavy atom. The second-order valence-corrected chi connectivity index (χ2v) is 27.6. The molecule has 2 unspecified atom stereocenters. The standard InChI is InChI=1S/C67H130O17P2/c1-6-9-12-15-18-20-22-24-26-28-30-32-35-41-46-51-65(70)78-57-62(83-66(71)52-47-42-36-33-31-29-27-25-23-21-19-16-13-10-7-2)58-81-85(73,74)79-54-61(68)55-80-86(75,76)82-59-63(56-77-64(69)50-45-40-34-17-14-11-8-3)84-67(72)53-48-43-38-37-39-44-49-60(4)5/h60-63,68H,6-59H2,1-5H3,(H,73,74)(H,75,76)/t61-,62-,63-/m1/s1. The summed E-state index contributed by atoms with van der Waals surface area (Å²) in [5.41, 5.74) is 0. The van der Waals surface area contributed by atoms with Crippen LogP contribution in [0.1, 0.15) is 343 Å². The van der Waals surface area contributed by atoms with E-state index in [0.29, 0.717) is 31.6 Å². The van der Waals surface area contributed by atoms with Gasteiger partial charge in [0.05, 0.1) is 26.4 Å². The Labute approximate surface area is 524 Å². The Morgan fingerprint density at radius 1 is 0.314 bits per heavy atom. The van der Waals surface area contributed by atoms with Gasteiger partial charge in [-0.15, -0.1) is 0 Å². The second kappa shape index (κ2) is 60.6. The molecule has 0 bridgehead atoms. The van der Waals surface area contributed by atoms with E-state index in [-0.39, 0.29) is 25.7 Å². The van der Waals surface area contributed by atoms with Crippen molar-refractivity contribution in [1.82, 2.24) is 0 Å². The van der Waals surface area contributed by atoms with Crippen LogP contribution < -0.4 is 0 Å². The van der Waals surface area contributed by atoms with Crippen molar-refractivity contribution in [3.63, 3.8) is 0 Å². The normalized spacial score (nSPS) is 14.2. The SMILES string of the molecule is CCCCCCCCCCCCCCCCCC(=O)OC[C@H](COP(=O)(O)OC[C@@H](O)COP(=O)(O)OC[C@@H](COC(=O)CCCCCCCCC)OC(=O)CCCCCCCCC(C)C)OC(=O)CCCCCCCCCCCCCCCCC. The van der Waals surface area contributed by atoms with Gasteiger partial charge in [0.2, 0.25) is 0 Å². The van der Waals surface area contributed by atoms with Crippen LogP contribution in [0.4, 0.5) is 0 Å². The monoisotopic (exact) mass is 1270 g/mol. The molecular formula is C67H130O17P2. The molecule has 0 heterocycles. The number of unbranched alkanes of at least 4 members (excludes halogenated alkanes) is 39. The number of hydrogen-bond donors (Lipinski definition) is 3. The van der Waals surface area contributed by atoms with Crippen LogP contribution >= 0.6 is 15.6 Å². The van der Waals surface area contributed by atoms with Crippen LogP contribution in [-0.2, 0) is 65.4 Å². The lowest BCUT2D eigenvalue weighted by molar-refractivity contribution is -0.161. The molecule has 0 aliphatic heterocycles. The minimum atomic E-state index is -4.95. The van der Waals surface area contributed by atoms with E-state index in [9.17, 15) is 43.2 Å². The van der Waals surface area contributed by atoms with Crippen molar-refractivity contribution in [2.75, 3.05) is 39.6 Å². The zero-order chi connectivity index (χ0) is 63.5. The molecule has 0 aromatic rings. The van der Waals surface area contributed by atoms with E-state index in [0.717, 1.165) is 103 Å². The van der Waals surface area contributed by atoms with Crippen LogP contribution in [0.3, 0.4) is 0 Å². The number of phosphoric acid groups is 2. The molecule has 0 radical (unpaired) electrons. The molecule has 0 fully saturated rings. The molecular weight excluding hydrogens is 1140 g/mol. The van der Waals surface area contributed by atoms with E-state index in [1.54, 1.807) is 0 Å². The number of aliphatic hydroxyl groups is 1. The van der Waals surface area contributed by atoms with Crippen LogP contribution in [0, 0.1) is 5.92 Å². The maximum Gasteiger partial charge on any atom is 0.472 e. The van der Waals surface area contributed by atoms with Gasteiger partial charge in [0.1, 0.15) is 19.3 Å². The third-order valence-corrected chi connectivity index (χ3v) is 17.4. The first-order valence-corrected chi connectivity index (χ1v) is 38.1. The van der Waals surface area contributed by atoms with Crippen LogP contribution in [0.5, 0.6) is 0 Å².